The Morgan fingerprint density at radius 1 is 0.591 bits per heavy atom. The second-order valence-corrected chi connectivity index (χ2v) is 6.98. The van der Waals surface area contributed by atoms with Crippen molar-refractivity contribution < 1.29 is 0 Å². The molecule has 0 aromatic rings. The SMILES string of the molecule is CC.CC.CCCC(C(C)CC)C(C(C)C)C(CC)C(C)C. The van der Waals surface area contributed by atoms with E-state index >= 15 is 0 Å². The van der Waals surface area contributed by atoms with Crippen molar-refractivity contribution in [3.63, 3.8) is 0 Å². The molecule has 0 radical (unpaired) electrons. The molecule has 0 aromatic carbocycles. The van der Waals surface area contributed by atoms with Gasteiger partial charge in [0.05, 0.1) is 0 Å². The van der Waals surface area contributed by atoms with Gasteiger partial charge in [-0.05, 0) is 35.5 Å². The van der Waals surface area contributed by atoms with Crippen LogP contribution >= 0.6 is 0 Å². The molecule has 0 heteroatoms. The van der Waals surface area contributed by atoms with E-state index in [-0.39, 0.29) is 0 Å². The van der Waals surface area contributed by atoms with Crippen LogP contribution in [0.2, 0.25) is 0 Å². The van der Waals surface area contributed by atoms with Crippen molar-refractivity contribution >= 4 is 0 Å². The van der Waals surface area contributed by atoms with Gasteiger partial charge in [-0.1, -0.05) is 109 Å². The highest BCUT2D eigenvalue weighted by Crippen LogP contribution is 2.41. The number of hydrogen-bond acceptors (Lipinski definition) is 0. The molecule has 4 unspecified atom stereocenters. The van der Waals surface area contributed by atoms with Crippen molar-refractivity contribution in [1.29, 1.82) is 0 Å². The fourth-order valence-electron chi connectivity index (χ4n) is 3.99. The molecule has 0 bridgehead atoms. The highest BCUT2D eigenvalue weighted by molar-refractivity contribution is 4.83. The quantitative estimate of drug-likeness (QED) is 0.400. The van der Waals surface area contributed by atoms with Gasteiger partial charge < -0.3 is 0 Å². The molecule has 0 N–H and O–H groups in total. The van der Waals surface area contributed by atoms with Gasteiger partial charge in [0.15, 0.2) is 0 Å². The van der Waals surface area contributed by atoms with Crippen LogP contribution in [0.5, 0.6) is 0 Å². The van der Waals surface area contributed by atoms with Crippen molar-refractivity contribution in [2.45, 2.75) is 109 Å². The van der Waals surface area contributed by atoms with Gasteiger partial charge in [0, 0.05) is 0 Å². The topological polar surface area (TPSA) is 0 Å². The molecule has 0 amide bonds. The van der Waals surface area contributed by atoms with E-state index in [0.29, 0.717) is 0 Å². The van der Waals surface area contributed by atoms with Gasteiger partial charge in [0.1, 0.15) is 0 Å². The molecule has 4 atom stereocenters. The summed E-state index contributed by atoms with van der Waals surface area (Å²) < 4.78 is 0. The zero-order valence-electron chi connectivity index (χ0n) is 18.3. The van der Waals surface area contributed by atoms with Crippen LogP contribution in [-0.2, 0) is 0 Å². The van der Waals surface area contributed by atoms with Crippen molar-refractivity contribution in [2.24, 2.45) is 35.5 Å². The largest absolute Gasteiger partial charge is 0.0683 e. The molecular formula is C22H50. The lowest BCUT2D eigenvalue weighted by atomic mass is 9.64. The third kappa shape index (κ3) is 9.90. The lowest BCUT2D eigenvalue weighted by Crippen LogP contribution is -2.34. The van der Waals surface area contributed by atoms with Crippen LogP contribution in [0.1, 0.15) is 109 Å². The lowest BCUT2D eigenvalue weighted by Gasteiger charge is -2.41. The molecule has 0 nitrogen and oxygen atoms in total. The molecule has 0 aromatic heterocycles. The first-order valence-corrected chi connectivity index (χ1v) is 10.4. The van der Waals surface area contributed by atoms with Gasteiger partial charge in [-0.15, -0.1) is 0 Å². The standard InChI is InChI=1S/C18H38.2C2H6/c1-9-12-17(15(8)10-2)18(14(6)7)16(11-3)13(4)5;2*1-2/h13-18H,9-12H2,1-8H3;2*1-2H3. The molecule has 0 fully saturated rings. The first kappa shape index (κ1) is 26.9. The predicted molar refractivity (Wildman–Crippen MR) is 107 cm³/mol. The molecular weight excluding hydrogens is 264 g/mol. The molecule has 0 spiro atoms. The highest BCUT2D eigenvalue weighted by Gasteiger charge is 2.34. The summed E-state index contributed by atoms with van der Waals surface area (Å²) in [6, 6.07) is 0. The van der Waals surface area contributed by atoms with E-state index < -0.39 is 0 Å². The van der Waals surface area contributed by atoms with Gasteiger partial charge in [-0.2, -0.15) is 0 Å². The van der Waals surface area contributed by atoms with E-state index in [4.69, 9.17) is 0 Å². The Morgan fingerprint density at radius 2 is 1.05 bits per heavy atom. The second-order valence-electron chi connectivity index (χ2n) is 6.98. The Morgan fingerprint density at radius 3 is 1.27 bits per heavy atom. The van der Waals surface area contributed by atoms with Crippen LogP contribution in [0.4, 0.5) is 0 Å². The summed E-state index contributed by atoms with van der Waals surface area (Å²) in [6.45, 7) is 27.3. The molecule has 0 saturated carbocycles. The minimum absolute atomic E-state index is 0.822. The Kier molecular flexibility index (Phi) is 21.2. The zero-order valence-corrected chi connectivity index (χ0v) is 18.3. The maximum atomic E-state index is 2.47. The monoisotopic (exact) mass is 314 g/mol. The van der Waals surface area contributed by atoms with Gasteiger partial charge >= 0.3 is 0 Å². The van der Waals surface area contributed by atoms with Gasteiger partial charge in [-0.25, -0.2) is 0 Å². The van der Waals surface area contributed by atoms with E-state index in [1.807, 2.05) is 27.7 Å². The molecule has 0 rings (SSSR count). The van der Waals surface area contributed by atoms with Crippen LogP contribution < -0.4 is 0 Å². The zero-order chi connectivity index (χ0) is 18.3. The summed E-state index contributed by atoms with van der Waals surface area (Å²) in [4.78, 5) is 0. The van der Waals surface area contributed by atoms with Crippen LogP contribution in [0.3, 0.4) is 0 Å². The first-order valence-electron chi connectivity index (χ1n) is 10.4. The predicted octanol–water partition coefficient (Wildman–Crippen LogP) is 8.46. The Labute approximate surface area is 144 Å². The summed E-state index contributed by atoms with van der Waals surface area (Å²) in [5.41, 5.74) is 0. The third-order valence-corrected chi connectivity index (χ3v) is 5.08. The average Bonchev–Trinajstić information content (AvgIpc) is 2.53. The van der Waals surface area contributed by atoms with E-state index in [1.54, 1.807) is 0 Å². The van der Waals surface area contributed by atoms with Crippen molar-refractivity contribution in [3.05, 3.63) is 0 Å². The molecule has 138 valence electrons. The second kappa shape index (κ2) is 17.4. The van der Waals surface area contributed by atoms with E-state index in [9.17, 15) is 0 Å². The maximum absolute atomic E-state index is 2.47. The molecule has 0 aliphatic carbocycles. The Bertz CT molecular complexity index is 192. The van der Waals surface area contributed by atoms with Gasteiger partial charge in [0.2, 0.25) is 0 Å². The molecule has 0 heterocycles. The normalized spacial score (nSPS) is 16.1. The van der Waals surface area contributed by atoms with Crippen LogP contribution in [0, 0.1) is 35.5 Å². The molecule has 0 aliphatic heterocycles. The lowest BCUT2D eigenvalue weighted by molar-refractivity contribution is 0.0789. The Balaban J connectivity index is -0.000000826. The van der Waals surface area contributed by atoms with Crippen LogP contribution in [-0.4, -0.2) is 0 Å². The van der Waals surface area contributed by atoms with E-state index in [2.05, 4.69) is 55.4 Å². The highest BCUT2D eigenvalue weighted by atomic mass is 14.4. The Hall–Kier alpha value is 0. The molecule has 22 heavy (non-hydrogen) atoms. The smallest absolute Gasteiger partial charge is 0.0329 e. The minimum Gasteiger partial charge on any atom is -0.0683 e. The van der Waals surface area contributed by atoms with Crippen molar-refractivity contribution in [3.8, 4) is 0 Å². The minimum atomic E-state index is 0.822. The summed E-state index contributed by atoms with van der Waals surface area (Å²) >= 11 is 0. The van der Waals surface area contributed by atoms with Gasteiger partial charge in [-0.3, -0.25) is 0 Å². The van der Waals surface area contributed by atoms with Crippen LogP contribution in [0.15, 0.2) is 0 Å². The first-order chi connectivity index (χ1) is 10.4. The summed E-state index contributed by atoms with van der Waals surface area (Å²) in [5, 5.41) is 0. The summed E-state index contributed by atoms with van der Waals surface area (Å²) in [7, 11) is 0. The third-order valence-electron chi connectivity index (χ3n) is 5.08. The van der Waals surface area contributed by atoms with E-state index in [0.717, 1.165) is 35.5 Å². The van der Waals surface area contributed by atoms with Gasteiger partial charge in [0.25, 0.3) is 0 Å². The fourth-order valence-corrected chi connectivity index (χ4v) is 3.99. The number of hydrogen-bond donors (Lipinski definition) is 0. The average molecular weight is 315 g/mol. The molecule has 0 saturated heterocycles. The van der Waals surface area contributed by atoms with Crippen LogP contribution in [0.25, 0.3) is 0 Å². The van der Waals surface area contributed by atoms with E-state index in [1.165, 1.54) is 25.7 Å². The molecule has 0 aliphatic rings. The summed E-state index contributed by atoms with van der Waals surface area (Å²) in [6.07, 6.45) is 5.44. The number of rotatable bonds is 9. The maximum Gasteiger partial charge on any atom is -0.0329 e. The summed E-state index contributed by atoms with van der Waals surface area (Å²) in [5.74, 6) is 5.26. The van der Waals surface area contributed by atoms with Crippen molar-refractivity contribution in [1.82, 2.24) is 0 Å². The fraction of sp³-hybridized carbons (Fsp3) is 1.00. The van der Waals surface area contributed by atoms with Crippen molar-refractivity contribution in [2.75, 3.05) is 0 Å².